The second kappa shape index (κ2) is 13.7. The molecule has 0 N–H and O–H groups in total. The zero-order valence-electron chi connectivity index (χ0n) is 24.3. The molecule has 0 bridgehead atoms. The molecule has 2 atom stereocenters. The van der Waals surface area contributed by atoms with Crippen LogP contribution in [0, 0.1) is 17.8 Å². The molecule has 1 fully saturated rings. The zero-order valence-corrected chi connectivity index (χ0v) is 25.1. The van der Waals surface area contributed by atoms with Crippen LogP contribution in [0.15, 0.2) is 35.7 Å². The maximum atomic E-state index is 13.6. The largest absolute Gasteiger partial charge is 0.384 e. The highest BCUT2D eigenvalue weighted by Crippen LogP contribution is 2.30. The fourth-order valence-corrected chi connectivity index (χ4v) is 6.86. The van der Waals surface area contributed by atoms with Crippen molar-refractivity contribution in [2.45, 2.75) is 78.7 Å². The standard InChI is InChI=1S/C32H45N3O3S/c1-6-26(7-2)35-29-13-12-24(17-28(29)33-31(35)19-27-11-9-15-39-27)30(36)18-25(16-22(3)4)32(37)34-14-8-10-23(20-34)21-38-5/h9,11-13,15,17,22-23,25-26H,6-8,10,14,16,18-21H2,1-5H3/t23?,25-/m1/s1. The molecule has 0 aliphatic carbocycles. The molecule has 1 aromatic carbocycles. The quantitative estimate of drug-likeness (QED) is 0.211. The number of amides is 1. The Morgan fingerprint density at radius 1 is 1.18 bits per heavy atom. The van der Waals surface area contributed by atoms with E-state index in [-0.39, 0.29) is 24.0 Å². The smallest absolute Gasteiger partial charge is 0.226 e. The summed E-state index contributed by atoms with van der Waals surface area (Å²) >= 11 is 1.75. The van der Waals surface area contributed by atoms with Crippen LogP contribution in [0.5, 0.6) is 0 Å². The summed E-state index contributed by atoms with van der Waals surface area (Å²) in [5.41, 5.74) is 2.60. The molecule has 0 radical (unpaired) electrons. The molecule has 212 valence electrons. The van der Waals surface area contributed by atoms with Crippen molar-refractivity contribution < 1.29 is 14.3 Å². The van der Waals surface area contributed by atoms with Crippen molar-refractivity contribution in [2.75, 3.05) is 26.8 Å². The molecule has 3 aromatic rings. The summed E-state index contributed by atoms with van der Waals surface area (Å²) in [7, 11) is 1.72. The number of rotatable bonds is 13. The number of hydrogen-bond donors (Lipinski definition) is 0. The SMILES string of the molecule is CCC(CC)n1c(Cc2cccs2)nc2cc(C(=O)C[C@@H](CC(C)C)C(=O)N3CCCC(COC)C3)ccc21. The highest BCUT2D eigenvalue weighted by atomic mass is 32.1. The number of ether oxygens (including phenoxy) is 1. The van der Waals surface area contributed by atoms with E-state index in [0.29, 0.717) is 36.5 Å². The number of aromatic nitrogens is 2. The maximum Gasteiger partial charge on any atom is 0.226 e. The monoisotopic (exact) mass is 551 g/mol. The lowest BCUT2D eigenvalue weighted by atomic mass is 9.88. The first kappa shape index (κ1) is 29.5. The van der Waals surface area contributed by atoms with Crippen LogP contribution in [-0.4, -0.2) is 52.9 Å². The van der Waals surface area contributed by atoms with E-state index in [2.05, 4.69) is 55.8 Å². The molecule has 1 amide bonds. The van der Waals surface area contributed by atoms with Gasteiger partial charge in [-0.05, 0) is 73.6 Å². The molecule has 4 rings (SSSR count). The number of carbonyl (C=O) groups excluding carboxylic acids is 2. The first-order valence-electron chi connectivity index (χ1n) is 14.7. The minimum atomic E-state index is -0.300. The molecule has 2 aromatic heterocycles. The van der Waals surface area contributed by atoms with Gasteiger partial charge in [0.1, 0.15) is 5.82 Å². The van der Waals surface area contributed by atoms with Crippen LogP contribution in [0.4, 0.5) is 0 Å². The number of ketones is 1. The number of methoxy groups -OCH3 is 1. The molecule has 1 unspecified atom stereocenters. The molecule has 6 nitrogen and oxygen atoms in total. The highest BCUT2D eigenvalue weighted by molar-refractivity contribution is 7.09. The molecule has 1 saturated heterocycles. The van der Waals surface area contributed by atoms with E-state index in [4.69, 9.17) is 9.72 Å². The van der Waals surface area contributed by atoms with Gasteiger partial charge in [-0.2, -0.15) is 0 Å². The van der Waals surface area contributed by atoms with E-state index in [1.54, 1.807) is 18.4 Å². The zero-order chi connectivity index (χ0) is 27.9. The summed E-state index contributed by atoms with van der Waals surface area (Å²) in [6.45, 7) is 10.9. The van der Waals surface area contributed by atoms with E-state index in [1.165, 1.54) is 4.88 Å². The number of nitrogens with zero attached hydrogens (tertiary/aromatic N) is 3. The number of piperidine rings is 1. The second-order valence-corrected chi connectivity index (χ2v) is 12.6. The molecule has 0 spiro atoms. The van der Waals surface area contributed by atoms with E-state index >= 15 is 0 Å². The molecule has 0 saturated carbocycles. The number of carbonyl (C=O) groups is 2. The Bertz CT molecular complexity index is 1230. The average Bonchev–Trinajstić information content (AvgIpc) is 3.56. The number of benzene rings is 1. The van der Waals surface area contributed by atoms with Gasteiger partial charge < -0.3 is 14.2 Å². The first-order chi connectivity index (χ1) is 18.8. The summed E-state index contributed by atoms with van der Waals surface area (Å²) in [4.78, 5) is 35.5. The van der Waals surface area contributed by atoms with Gasteiger partial charge in [-0.25, -0.2) is 4.98 Å². The van der Waals surface area contributed by atoms with Gasteiger partial charge in [-0.15, -0.1) is 11.3 Å². The summed E-state index contributed by atoms with van der Waals surface area (Å²) < 4.78 is 7.74. The predicted octanol–water partition coefficient (Wildman–Crippen LogP) is 7.17. The summed E-state index contributed by atoms with van der Waals surface area (Å²) in [6.07, 6.45) is 5.88. The van der Waals surface area contributed by atoms with Crippen molar-refractivity contribution in [2.24, 2.45) is 17.8 Å². The van der Waals surface area contributed by atoms with Crippen molar-refractivity contribution in [1.82, 2.24) is 14.5 Å². The van der Waals surface area contributed by atoms with E-state index in [0.717, 1.165) is 62.1 Å². The third-order valence-electron chi connectivity index (χ3n) is 8.07. The summed E-state index contributed by atoms with van der Waals surface area (Å²) in [5, 5.41) is 2.10. The lowest BCUT2D eigenvalue weighted by molar-refractivity contribution is -0.138. The highest BCUT2D eigenvalue weighted by Gasteiger charge is 2.31. The van der Waals surface area contributed by atoms with E-state index < -0.39 is 0 Å². The van der Waals surface area contributed by atoms with Gasteiger partial charge in [0.05, 0.1) is 17.6 Å². The third-order valence-corrected chi connectivity index (χ3v) is 8.95. The van der Waals surface area contributed by atoms with Crippen molar-refractivity contribution in [3.63, 3.8) is 0 Å². The van der Waals surface area contributed by atoms with E-state index in [1.807, 2.05) is 17.0 Å². The topological polar surface area (TPSA) is 64.4 Å². The Labute approximate surface area is 237 Å². The average molecular weight is 552 g/mol. The van der Waals surface area contributed by atoms with Crippen LogP contribution in [0.1, 0.15) is 93.3 Å². The van der Waals surface area contributed by atoms with Gasteiger partial charge in [0.25, 0.3) is 0 Å². The number of likely N-dealkylation sites (tertiary alicyclic amines) is 1. The van der Waals surface area contributed by atoms with Gasteiger partial charge in [0.15, 0.2) is 5.78 Å². The summed E-state index contributed by atoms with van der Waals surface area (Å²) in [5.74, 6) is 1.61. The number of imidazole rings is 1. The third kappa shape index (κ3) is 7.17. The van der Waals surface area contributed by atoms with Crippen molar-refractivity contribution in [3.8, 4) is 0 Å². The van der Waals surface area contributed by atoms with Crippen LogP contribution in [0.3, 0.4) is 0 Å². The van der Waals surface area contributed by atoms with Crippen molar-refractivity contribution >= 4 is 34.1 Å². The van der Waals surface area contributed by atoms with Gasteiger partial charge in [-0.3, -0.25) is 9.59 Å². The van der Waals surface area contributed by atoms with E-state index in [9.17, 15) is 9.59 Å². The molecular weight excluding hydrogens is 506 g/mol. The molecule has 3 heterocycles. The lowest BCUT2D eigenvalue weighted by Crippen LogP contribution is -2.44. The Kier molecular flexibility index (Phi) is 10.4. The minimum Gasteiger partial charge on any atom is -0.384 e. The fourth-order valence-electron chi connectivity index (χ4n) is 6.15. The number of thiophene rings is 1. The first-order valence-corrected chi connectivity index (χ1v) is 15.6. The number of Topliss-reactive ketones (excluding diaryl/α,β-unsaturated/α-hetero) is 1. The predicted molar refractivity (Wildman–Crippen MR) is 160 cm³/mol. The number of hydrogen-bond acceptors (Lipinski definition) is 5. The summed E-state index contributed by atoms with van der Waals surface area (Å²) in [6, 6.07) is 10.5. The van der Waals surface area contributed by atoms with Gasteiger partial charge in [0, 0.05) is 55.4 Å². The molecule has 1 aliphatic heterocycles. The fraction of sp³-hybridized carbons (Fsp3) is 0.594. The van der Waals surface area contributed by atoms with Crippen molar-refractivity contribution in [3.05, 3.63) is 52.0 Å². The maximum absolute atomic E-state index is 13.6. The van der Waals surface area contributed by atoms with Crippen LogP contribution >= 0.6 is 11.3 Å². The molecule has 39 heavy (non-hydrogen) atoms. The second-order valence-electron chi connectivity index (χ2n) is 11.5. The molecule has 7 heteroatoms. The van der Waals surface area contributed by atoms with Crippen LogP contribution in [-0.2, 0) is 16.0 Å². The molecule has 1 aliphatic rings. The Morgan fingerprint density at radius 2 is 1.97 bits per heavy atom. The Morgan fingerprint density at radius 3 is 2.64 bits per heavy atom. The van der Waals surface area contributed by atoms with Gasteiger partial charge in [0.2, 0.25) is 5.91 Å². The van der Waals surface area contributed by atoms with Crippen LogP contribution in [0.2, 0.25) is 0 Å². The Balaban J connectivity index is 1.58. The van der Waals surface area contributed by atoms with Crippen LogP contribution in [0.25, 0.3) is 11.0 Å². The van der Waals surface area contributed by atoms with Gasteiger partial charge in [-0.1, -0.05) is 33.8 Å². The van der Waals surface area contributed by atoms with Gasteiger partial charge >= 0.3 is 0 Å². The minimum absolute atomic E-state index is 0.0261. The van der Waals surface area contributed by atoms with Crippen LogP contribution < -0.4 is 0 Å². The number of fused-ring (bicyclic) bond motifs is 1. The van der Waals surface area contributed by atoms with Crippen molar-refractivity contribution in [1.29, 1.82) is 0 Å². The normalized spacial score (nSPS) is 16.9. The lowest BCUT2D eigenvalue weighted by Gasteiger charge is -2.35. The molecular formula is C32H45N3O3S. The Hall–Kier alpha value is -2.51.